The predicted molar refractivity (Wildman–Crippen MR) is 76.6 cm³/mol. The molecule has 0 fully saturated rings. The summed E-state index contributed by atoms with van der Waals surface area (Å²) in [5.41, 5.74) is 6.71. The van der Waals surface area contributed by atoms with Crippen molar-refractivity contribution in [3.05, 3.63) is 17.7 Å². The Morgan fingerprint density at radius 1 is 1.05 bits per heavy atom. The fourth-order valence-corrected chi connectivity index (χ4v) is 1.77. The molecule has 0 aliphatic rings. The highest BCUT2D eigenvalue weighted by Gasteiger charge is 2.21. The van der Waals surface area contributed by atoms with Crippen LogP contribution >= 0.6 is 12.4 Å². The molecule has 1 aromatic rings. The molecule has 0 bridgehead atoms. The van der Waals surface area contributed by atoms with Gasteiger partial charge in [-0.2, -0.15) is 0 Å². The van der Waals surface area contributed by atoms with E-state index in [1.165, 1.54) is 0 Å². The van der Waals surface area contributed by atoms with Crippen LogP contribution in [-0.4, -0.2) is 32.5 Å². The van der Waals surface area contributed by atoms with Gasteiger partial charge in [0.15, 0.2) is 11.5 Å². The Kier molecular flexibility index (Phi) is 7.59. The first-order chi connectivity index (χ1) is 8.58. The molecule has 19 heavy (non-hydrogen) atoms. The van der Waals surface area contributed by atoms with Gasteiger partial charge in [0.05, 0.1) is 33.5 Å². The van der Waals surface area contributed by atoms with Crippen LogP contribution in [0, 0.1) is 0 Å². The number of aliphatic hydroxyl groups is 1. The SMILES string of the molecule is CC[C@H](O)[C@H](N)c1cc(OC)c(OC)cc1OC.Cl. The first kappa shape index (κ1) is 17.8. The number of hydrogen-bond donors (Lipinski definition) is 2. The van der Waals surface area contributed by atoms with Crippen LogP contribution in [0.4, 0.5) is 0 Å². The first-order valence-corrected chi connectivity index (χ1v) is 5.82. The van der Waals surface area contributed by atoms with Crippen molar-refractivity contribution in [2.45, 2.75) is 25.5 Å². The summed E-state index contributed by atoms with van der Waals surface area (Å²) >= 11 is 0. The number of nitrogens with two attached hydrogens (primary N) is 1. The van der Waals surface area contributed by atoms with Crippen LogP contribution in [0.5, 0.6) is 17.2 Å². The van der Waals surface area contributed by atoms with Gasteiger partial charge in [-0.25, -0.2) is 0 Å². The molecule has 0 aromatic heterocycles. The van der Waals surface area contributed by atoms with Gasteiger partial charge in [0.2, 0.25) is 0 Å². The molecule has 0 saturated heterocycles. The largest absolute Gasteiger partial charge is 0.496 e. The van der Waals surface area contributed by atoms with Crippen LogP contribution in [0.25, 0.3) is 0 Å². The van der Waals surface area contributed by atoms with Gasteiger partial charge < -0.3 is 25.1 Å². The second kappa shape index (κ2) is 8.09. The van der Waals surface area contributed by atoms with Crippen LogP contribution in [0.2, 0.25) is 0 Å². The van der Waals surface area contributed by atoms with Gasteiger partial charge in [-0.15, -0.1) is 12.4 Å². The lowest BCUT2D eigenvalue weighted by atomic mass is 9.99. The average molecular weight is 292 g/mol. The summed E-state index contributed by atoms with van der Waals surface area (Å²) in [5.74, 6) is 1.70. The summed E-state index contributed by atoms with van der Waals surface area (Å²) < 4.78 is 15.7. The molecule has 0 aliphatic carbocycles. The maximum absolute atomic E-state index is 9.84. The molecular formula is C13H22ClNO4. The Bertz CT molecular complexity index is 400. The number of halogens is 1. The summed E-state index contributed by atoms with van der Waals surface area (Å²) in [6.07, 6.45) is -0.0597. The summed E-state index contributed by atoms with van der Waals surface area (Å²) in [4.78, 5) is 0. The lowest BCUT2D eigenvalue weighted by Crippen LogP contribution is -2.26. The van der Waals surface area contributed by atoms with Crippen LogP contribution in [0.15, 0.2) is 12.1 Å². The van der Waals surface area contributed by atoms with E-state index in [4.69, 9.17) is 19.9 Å². The van der Waals surface area contributed by atoms with Crippen LogP contribution in [-0.2, 0) is 0 Å². The van der Waals surface area contributed by atoms with E-state index in [-0.39, 0.29) is 12.4 Å². The van der Waals surface area contributed by atoms with Crippen LogP contribution in [0.1, 0.15) is 24.9 Å². The molecule has 3 N–H and O–H groups in total. The van der Waals surface area contributed by atoms with Gasteiger partial charge in [0, 0.05) is 11.6 Å². The normalized spacial score (nSPS) is 13.2. The number of hydrogen-bond acceptors (Lipinski definition) is 5. The smallest absolute Gasteiger partial charge is 0.164 e. The summed E-state index contributed by atoms with van der Waals surface area (Å²) in [7, 11) is 4.66. The minimum absolute atomic E-state index is 0. The van der Waals surface area contributed by atoms with Gasteiger partial charge in [-0.3, -0.25) is 0 Å². The Morgan fingerprint density at radius 2 is 1.53 bits per heavy atom. The zero-order valence-corrected chi connectivity index (χ0v) is 12.5. The number of rotatable bonds is 6. The van der Waals surface area contributed by atoms with E-state index in [0.717, 1.165) is 0 Å². The Balaban J connectivity index is 0.00000324. The molecule has 2 atom stereocenters. The van der Waals surface area contributed by atoms with E-state index in [1.54, 1.807) is 33.5 Å². The Labute approximate surface area is 120 Å². The van der Waals surface area contributed by atoms with Gasteiger partial charge in [0.25, 0.3) is 0 Å². The van der Waals surface area contributed by atoms with Crippen molar-refractivity contribution in [1.82, 2.24) is 0 Å². The second-order valence-electron chi connectivity index (χ2n) is 3.95. The van der Waals surface area contributed by atoms with Gasteiger partial charge in [0.1, 0.15) is 5.75 Å². The van der Waals surface area contributed by atoms with E-state index in [0.29, 0.717) is 29.2 Å². The molecule has 110 valence electrons. The summed E-state index contributed by atoms with van der Waals surface area (Å²) in [6.45, 7) is 1.87. The summed E-state index contributed by atoms with van der Waals surface area (Å²) in [5, 5.41) is 9.84. The molecule has 0 saturated carbocycles. The zero-order valence-electron chi connectivity index (χ0n) is 11.7. The minimum Gasteiger partial charge on any atom is -0.496 e. The Morgan fingerprint density at radius 3 is 1.95 bits per heavy atom. The molecular weight excluding hydrogens is 270 g/mol. The third-order valence-electron chi connectivity index (χ3n) is 2.93. The molecule has 5 nitrogen and oxygen atoms in total. The molecule has 0 unspecified atom stereocenters. The predicted octanol–water partition coefficient (Wildman–Crippen LogP) is 1.90. The van der Waals surface area contributed by atoms with Crippen molar-refractivity contribution in [3.63, 3.8) is 0 Å². The van der Waals surface area contributed by atoms with Crippen molar-refractivity contribution >= 4 is 12.4 Å². The van der Waals surface area contributed by atoms with Crippen molar-refractivity contribution in [1.29, 1.82) is 0 Å². The maximum atomic E-state index is 9.84. The van der Waals surface area contributed by atoms with Gasteiger partial charge in [-0.05, 0) is 12.5 Å². The molecule has 0 heterocycles. The molecule has 1 rings (SSSR count). The van der Waals surface area contributed by atoms with E-state index < -0.39 is 12.1 Å². The highest BCUT2D eigenvalue weighted by Crippen LogP contribution is 2.37. The van der Waals surface area contributed by atoms with Crippen molar-refractivity contribution in [2.75, 3.05) is 21.3 Å². The minimum atomic E-state index is -0.628. The number of aliphatic hydroxyl groups excluding tert-OH is 1. The number of benzene rings is 1. The molecule has 6 heteroatoms. The van der Waals surface area contributed by atoms with E-state index in [9.17, 15) is 5.11 Å². The fraction of sp³-hybridized carbons (Fsp3) is 0.538. The second-order valence-corrected chi connectivity index (χ2v) is 3.95. The lowest BCUT2D eigenvalue weighted by molar-refractivity contribution is 0.139. The van der Waals surface area contributed by atoms with Gasteiger partial charge in [-0.1, -0.05) is 6.92 Å². The number of methoxy groups -OCH3 is 3. The highest BCUT2D eigenvalue weighted by atomic mass is 35.5. The lowest BCUT2D eigenvalue weighted by Gasteiger charge is -2.21. The molecule has 1 aromatic carbocycles. The van der Waals surface area contributed by atoms with Crippen LogP contribution in [0.3, 0.4) is 0 Å². The topological polar surface area (TPSA) is 73.9 Å². The standard InChI is InChI=1S/C13H21NO4.ClH/c1-5-9(15)13(14)8-6-11(17-3)12(18-4)7-10(8)16-2;/h6-7,9,13,15H,5,14H2,1-4H3;1H/t9-,13+;/m0./s1. The highest BCUT2D eigenvalue weighted by molar-refractivity contribution is 5.85. The van der Waals surface area contributed by atoms with Crippen molar-refractivity contribution < 1.29 is 19.3 Å². The third kappa shape index (κ3) is 3.89. The fourth-order valence-electron chi connectivity index (χ4n) is 1.77. The zero-order chi connectivity index (χ0) is 13.7. The first-order valence-electron chi connectivity index (χ1n) is 5.82. The molecule has 0 amide bonds. The van der Waals surface area contributed by atoms with Gasteiger partial charge >= 0.3 is 0 Å². The quantitative estimate of drug-likeness (QED) is 0.837. The number of ether oxygens (including phenoxy) is 3. The Hall–Kier alpha value is -1.17. The molecule has 0 radical (unpaired) electrons. The third-order valence-corrected chi connectivity index (χ3v) is 2.93. The van der Waals surface area contributed by atoms with E-state index in [1.807, 2.05) is 6.92 Å². The average Bonchev–Trinajstić information content (AvgIpc) is 2.43. The molecule has 0 spiro atoms. The van der Waals surface area contributed by atoms with E-state index >= 15 is 0 Å². The van der Waals surface area contributed by atoms with Crippen molar-refractivity contribution in [3.8, 4) is 17.2 Å². The van der Waals surface area contributed by atoms with Crippen molar-refractivity contribution in [2.24, 2.45) is 5.73 Å². The maximum Gasteiger partial charge on any atom is 0.164 e. The summed E-state index contributed by atoms with van der Waals surface area (Å²) in [6, 6.07) is 2.92. The molecule has 0 aliphatic heterocycles. The van der Waals surface area contributed by atoms with E-state index in [2.05, 4.69) is 0 Å². The van der Waals surface area contributed by atoms with Crippen LogP contribution < -0.4 is 19.9 Å². The monoisotopic (exact) mass is 291 g/mol.